The van der Waals surface area contributed by atoms with Crippen molar-refractivity contribution in [1.82, 2.24) is 14.7 Å². The third kappa shape index (κ3) is 3.59. The molecule has 2 aromatic heterocycles. The van der Waals surface area contributed by atoms with Crippen LogP contribution in [0.4, 0.5) is 11.5 Å². The van der Waals surface area contributed by atoms with Gasteiger partial charge in [-0.2, -0.15) is 0 Å². The Hall–Kier alpha value is -2.37. The molecule has 134 valence electrons. The molecular formula is C20H21ClN4O. The van der Waals surface area contributed by atoms with E-state index >= 15 is 0 Å². The minimum Gasteiger partial charge on any atom is -0.340 e. The van der Waals surface area contributed by atoms with Crippen molar-refractivity contribution in [3.05, 3.63) is 69.6 Å². The molecule has 2 heterocycles. The Bertz CT molecular complexity index is 979. The van der Waals surface area contributed by atoms with Gasteiger partial charge in [-0.05, 0) is 43.2 Å². The van der Waals surface area contributed by atoms with Gasteiger partial charge in [0.05, 0.1) is 5.56 Å². The van der Waals surface area contributed by atoms with Crippen molar-refractivity contribution in [1.29, 1.82) is 0 Å². The van der Waals surface area contributed by atoms with Crippen molar-refractivity contribution < 1.29 is 0 Å². The second kappa shape index (κ2) is 7.48. The largest absolute Gasteiger partial charge is 0.340 e. The highest BCUT2D eigenvalue weighted by molar-refractivity contribution is 6.30. The standard InChI is InChI=1S/C20H21ClN4O/c21-14-6-5-9-16(12-14)23-19-17(13-22-15-7-1-2-8-15)20(26)25-11-4-3-10-18(25)24-19/h3-6,9-12,15,22-23H,1-2,7-8,13H2. The molecule has 1 saturated carbocycles. The summed E-state index contributed by atoms with van der Waals surface area (Å²) in [7, 11) is 0. The Morgan fingerprint density at radius 3 is 2.81 bits per heavy atom. The first-order valence-corrected chi connectivity index (χ1v) is 9.35. The maximum Gasteiger partial charge on any atom is 0.264 e. The van der Waals surface area contributed by atoms with Crippen LogP contribution in [0, 0.1) is 0 Å². The third-order valence-corrected chi connectivity index (χ3v) is 5.07. The number of aromatic nitrogens is 2. The maximum absolute atomic E-state index is 13.0. The number of anilines is 2. The van der Waals surface area contributed by atoms with Crippen LogP contribution < -0.4 is 16.2 Å². The van der Waals surface area contributed by atoms with E-state index in [4.69, 9.17) is 11.6 Å². The number of nitrogens with zero attached hydrogens (tertiary/aromatic N) is 2. The maximum atomic E-state index is 13.0. The van der Waals surface area contributed by atoms with Gasteiger partial charge in [0, 0.05) is 29.5 Å². The molecule has 6 heteroatoms. The van der Waals surface area contributed by atoms with Crippen molar-refractivity contribution in [3.63, 3.8) is 0 Å². The molecule has 0 bridgehead atoms. The number of pyridine rings is 1. The molecule has 1 aromatic carbocycles. The first-order chi connectivity index (χ1) is 12.7. The Morgan fingerprint density at radius 2 is 2.00 bits per heavy atom. The molecule has 1 fully saturated rings. The summed E-state index contributed by atoms with van der Waals surface area (Å²) in [5, 5.41) is 7.43. The van der Waals surface area contributed by atoms with Gasteiger partial charge >= 0.3 is 0 Å². The minimum atomic E-state index is -0.0503. The Kier molecular flexibility index (Phi) is 4.91. The van der Waals surface area contributed by atoms with E-state index < -0.39 is 0 Å². The molecule has 1 aliphatic carbocycles. The molecule has 4 rings (SSSR count). The third-order valence-electron chi connectivity index (χ3n) is 4.84. The van der Waals surface area contributed by atoms with E-state index in [0.717, 1.165) is 5.69 Å². The molecule has 0 aliphatic heterocycles. The normalized spacial score (nSPS) is 14.8. The van der Waals surface area contributed by atoms with Crippen molar-refractivity contribution in [3.8, 4) is 0 Å². The van der Waals surface area contributed by atoms with E-state index in [9.17, 15) is 4.79 Å². The summed E-state index contributed by atoms with van der Waals surface area (Å²) in [5.41, 5.74) is 2.02. The second-order valence-electron chi connectivity index (χ2n) is 6.67. The minimum absolute atomic E-state index is 0.0503. The lowest BCUT2D eigenvalue weighted by molar-refractivity contribution is 0.522. The molecule has 2 N–H and O–H groups in total. The van der Waals surface area contributed by atoms with Gasteiger partial charge in [-0.1, -0.05) is 36.6 Å². The van der Waals surface area contributed by atoms with Crippen LogP contribution in [0.3, 0.4) is 0 Å². The quantitative estimate of drug-likeness (QED) is 0.711. The van der Waals surface area contributed by atoms with Gasteiger partial charge in [0.1, 0.15) is 11.5 Å². The molecule has 1 aliphatic rings. The number of hydrogen-bond acceptors (Lipinski definition) is 4. The summed E-state index contributed by atoms with van der Waals surface area (Å²) in [5.74, 6) is 0.578. The summed E-state index contributed by atoms with van der Waals surface area (Å²) in [6.07, 6.45) is 6.59. The van der Waals surface area contributed by atoms with E-state index in [1.165, 1.54) is 25.7 Å². The van der Waals surface area contributed by atoms with E-state index in [1.54, 1.807) is 10.6 Å². The van der Waals surface area contributed by atoms with Gasteiger partial charge in [0.15, 0.2) is 0 Å². The summed E-state index contributed by atoms with van der Waals surface area (Å²) in [6, 6.07) is 13.4. The topological polar surface area (TPSA) is 58.4 Å². The Morgan fingerprint density at radius 1 is 1.15 bits per heavy atom. The zero-order chi connectivity index (χ0) is 17.9. The predicted molar refractivity (Wildman–Crippen MR) is 105 cm³/mol. The van der Waals surface area contributed by atoms with Gasteiger partial charge in [0.2, 0.25) is 0 Å². The fourth-order valence-electron chi connectivity index (χ4n) is 3.47. The van der Waals surface area contributed by atoms with Gasteiger partial charge in [0.25, 0.3) is 5.56 Å². The number of halogens is 1. The zero-order valence-electron chi connectivity index (χ0n) is 14.4. The highest BCUT2D eigenvalue weighted by Gasteiger charge is 2.18. The van der Waals surface area contributed by atoms with Crippen LogP contribution in [-0.2, 0) is 6.54 Å². The first-order valence-electron chi connectivity index (χ1n) is 8.97. The number of benzene rings is 1. The number of nitrogens with one attached hydrogen (secondary N) is 2. The Labute approximate surface area is 157 Å². The number of rotatable bonds is 5. The van der Waals surface area contributed by atoms with Gasteiger partial charge in [-0.25, -0.2) is 4.98 Å². The van der Waals surface area contributed by atoms with Gasteiger partial charge < -0.3 is 10.6 Å². The number of hydrogen-bond donors (Lipinski definition) is 2. The smallest absolute Gasteiger partial charge is 0.264 e. The summed E-state index contributed by atoms with van der Waals surface area (Å²) in [6.45, 7) is 0.497. The highest BCUT2D eigenvalue weighted by atomic mass is 35.5. The molecule has 5 nitrogen and oxygen atoms in total. The molecule has 0 radical (unpaired) electrons. The lowest BCUT2D eigenvalue weighted by atomic mass is 10.2. The van der Waals surface area contributed by atoms with Crippen LogP contribution in [0.15, 0.2) is 53.5 Å². The summed E-state index contributed by atoms with van der Waals surface area (Å²) >= 11 is 6.09. The lowest BCUT2D eigenvalue weighted by Gasteiger charge is -2.16. The average molecular weight is 369 g/mol. The average Bonchev–Trinajstić information content (AvgIpc) is 3.15. The van der Waals surface area contributed by atoms with Gasteiger partial charge in [-0.3, -0.25) is 9.20 Å². The molecular weight excluding hydrogens is 348 g/mol. The van der Waals surface area contributed by atoms with E-state index in [2.05, 4.69) is 15.6 Å². The van der Waals surface area contributed by atoms with Crippen molar-refractivity contribution in [2.45, 2.75) is 38.3 Å². The van der Waals surface area contributed by atoms with Crippen LogP contribution in [0.2, 0.25) is 5.02 Å². The monoisotopic (exact) mass is 368 g/mol. The lowest BCUT2D eigenvalue weighted by Crippen LogP contribution is -2.31. The fourth-order valence-corrected chi connectivity index (χ4v) is 3.66. The van der Waals surface area contributed by atoms with Crippen LogP contribution in [0.1, 0.15) is 31.2 Å². The molecule has 0 unspecified atom stereocenters. The van der Waals surface area contributed by atoms with Crippen molar-refractivity contribution in [2.24, 2.45) is 0 Å². The van der Waals surface area contributed by atoms with Gasteiger partial charge in [-0.15, -0.1) is 0 Å². The van der Waals surface area contributed by atoms with Crippen LogP contribution in [0.5, 0.6) is 0 Å². The molecule has 0 atom stereocenters. The van der Waals surface area contributed by atoms with E-state index in [-0.39, 0.29) is 5.56 Å². The zero-order valence-corrected chi connectivity index (χ0v) is 15.2. The van der Waals surface area contributed by atoms with E-state index in [1.807, 2.05) is 42.5 Å². The van der Waals surface area contributed by atoms with Crippen LogP contribution in [-0.4, -0.2) is 15.4 Å². The fraction of sp³-hybridized carbons (Fsp3) is 0.300. The first kappa shape index (κ1) is 17.1. The number of fused-ring (bicyclic) bond motifs is 1. The molecule has 0 amide bonds. The molecule has 0 spiro atoms. The predicted octanol–water partition coefficient (Wildman–Crippen LogP) is 4.12. The summed E-state index contributed by atoms with van der Waals surface area (Å²) < 4.78 is 1.59. The SMILES string of the molecule is O=c1c(CNC2CCCC2)c(Nc2cccc(Cl)c2)nc2ccccn12. The highest BCUT2D eigenvalue weighted by Crippen LogP contribution is 2.22. The van der Waals surface area contributed by atoms with Crippen molar-refractivity contribution >= 4 is 28.8 Å². The molecule has 26 heavy (non-hydrogen) atoms. The molecule has 3 aromatic rings. The summed E-state index contributed by atoms with van der Waals surface area (Å²) in [4.78, 5) is 17.7. The van der Waals surface area contributed by atoms with Crippen LogP contribution >= 0.6 is 11.6 Å². The Balaban J connectivity index is 1.72. The second-order valence-corrected chi connectivity index (χ2v) is 7.11. The molecule has 0 saturated heterocycles. The van der Waals surface area contributed by atoms with E-state index in [0.29, 0.717) is 34.6 Å². The van der Waals surface area contributed by atoms with Crippen molar-refractivity contribution in [2.75, 3.05) is 5.32 Å². The van der Waals surface area contributed by atoms with Crippen LogP contribution in [0.25, 0.3) is 5.65 Å².